The van der Waals surface area contributed by atoms with E-state index in [1.54, 1.807) is 6.07 Å². The first-order chi connectivity index (χ1) is 48.6. The highest BCUT2D eigenvalue weighted by Crippen LogP contribution is 2.49. The van der Waals surface area contributed by atoms with Crippen molar-refractivity contribution >= 4 is 98.6 Å². The van der Waals surface area contributed by atoms with Gasteiger partial charge in [0.15, 0.2) is 11.4 Å². The third-order valence-electron chi connectivity index (χ3n) is 19.3. The van der Waals surface area contributed by atoms with Gasteiger partial charge in [-0.25, -0.2) is 9.69 Å². The molecule has 0 saturated heterocycles. The van der Waals surface area contributed by atoms with Crippen LogP contribution >= 0.6 is 0 Å². The number of aryl methyl sites for hydroxylation is 8. The predicted octanol–water partition coefficient (Wildman–Crippen LogP) is 25.6. The van der Waals surface area contributed by atoms with Crippen LogP contribution in [0.5, 0.6) is 0 Å². The van der Waals surface area contributed by atoms with Crippen LogP contribution in [0.1, 0.15) is 66.8 Å². The van der Waals surface area contributed by atoms with Gasteiger partial charge in [-0.15, -0.1) is 0 Å². The van der Waals surface area contributed by atoms with E-state index in [1.165, 1.54) is 12.1 Å². The number of rotatable bonds is 6. The number of nitriles is 1. The van der Waals surface area contributed by atoms with E-state index in [0.29, 0.717) is 45.8 Å². The van der Waals surface area contributed by atoms with Gasteiger partial charge < -0.3 is 18.3 Å². The average molecular weight is 1360 g/mol. The number of fused-ring (bicyclic) bond motifs is 12. The Labute approximate surface area is 579 Å². The van der Waals surface area contributed by atoms with Gasteiger partial charge >= 0.3 is 18.5 Å². The van der Waals surface area contributed by atoms with Gasteiger partial charge in [0.2, 0.25) is 0 Å². The Kier molecular flexibility index (Phi) is 15.4. The zero-order valence-electron chi connectivity index (χ0n) is 56.2. The van der Waals surface area contributed by atoms with Gasteiger partial charge in [0.25, 0.3) is 0 Å². The van der Waals surface area contributed by atoms with Crippen LogP contribution in [0, 0.1) is 79.9 Å². The summed E-state index contributed by atoms with van der Waals surface area (Å²) in [5.41, 5.74) is 12.4. The fraction of sp³-hybridized carbons (Fsp3) is 0.128. The summed E-state index contributed by atoms with van der Waals surface area (Å²) in [5.74, 6) is 0. The van der Waals surface area contributed by atoms with Gasteiger partial charge in [-0.2, -0.15) is 44.8 Å². The molecule has 500 valence electrons. The maximum Gasteiger partial charge on any atom is 0.417 e. The molecule has 102 heavy (non-hydrogen) atoms. The van der Waals surface area contributed by atoms with Crippen molar-refractivity contribution < 1.29 is 39.5 Å². The minimum atomic E-state index is -4.98. The molecule has 16 rings (SSSR count). The van der Waals surface area contributed by atoms with Crippen LogP contribution in [0.15, 0.2) is 206 Å². The molecule has 7 nitrogen and oxygen atoms in total. The van der Waals surface area contributed by atoms with Crippen molar-refractivity contribution in [3.63, 3.8) is 0 Å². The summed E-state index contributed by atoms with van der Waals surface area (Å²) in [4.78, 5) is 6.56. The lowest BCUT2D eigenvalue weighted by Gasteiger charge is -2.23. The van der Waals surface area contributed by atoms with Gasteiger partial charge in [-0.3, -0.25) is 0 Å². The monoisotopic (exact) mass is 1360 g/mol. The van der Waals surface area contributed by atoms with Crippen molar-refractivity contribution in [1.29, 1.82) is 5.26 Å². The van der Waals surface area contributed by atoms with Gasteiger partial charge in [-0.05, 0) is 226 Å². The molecule has 0 atom stereocenters. The highest BCUT2D eigenvalue weighted by Gasteiger charge is 2.38. The molecule has 0 aliphatic rings. The van der Waals surface area contributed by atoms with Crippen LogP contribution in [-0.2, 0) is 18.5 Å². The molecule has 0 bridgehead atoms. The van der Waals surface area contributed by atoms with Crippen molar-refractivity contribution in [3.05, 3.63) is 296 Å². The van der Waals surface area contributed by atoms with E-state index >= 15 is 13.2 Å². The second kappa shape index (κ2) is 24.0. The van der Waals surface area contributed by atoms with Gasteiger partial charge in [0.1, 0.15) is 0 Å². The number of hydrogen-bond donors (Lipinski definition) is 0. The first-order valence-corrected chi connectivity index (χ1v) is 32.7. The number of aromatic nitrogens is 4. The molecule has 0 aliphatic heterocycles. The lowest BCUT2D eigenvalue weighted by molar-refractivity contribution is -0.138. The maximum absolute atomic E-state index is 15.4. The first kappa shape index (κ1) is 65.6. The largest absolute Gasteiger partial charge is 0.417 e. The van der Waals surface area contributed by atoms with Crippen LogP contribution < -0.4 is 0 Å². The lowest BCUT2D eigenvalue weighted by Crippen LogP contribution is -2.12. The normalized spacial score (nSPS) is 12.1. The minimum absolute atomic E-state index is 0.150. The first-order valence-electron chi connectivity index (χ1n) is 32.7. The van der Waals surface area contributed by atoms with Crippen molar-refractivity contribution in [2.24, 2.45) is 0 Å². The van der Waals surface area contributed by atoms with Crippen molar-refractivity contribution in [1.82, 2.24) is 18.3 Å². The predicted molar refractivity (Wildman–Crippen MR) is 391 cm³/mol. The van der Waals surface area contributed by atoms with Gasteiger partial charge in [0.05, 0.1) is 97.2 Å². The Morgan fingerprint density at radius 2 is 0.539 bits per heavy atom. The molecular formula is C86H58F9N7. The van der Waals surface area contributed by atoms with Crippen molar-refractivity contribution in [2.45, 2.75) is 73.9 Å². The molecule has 0 aliphatic carbocycles. The molecule has 0 fully saturated rings. The fourth-order valence-electron chi connectivity index (χ4n) is 14.7. The Balaban J connectivity index is 0.000000165. The molecule has 0 amide bonds. The molecule has 0 spiro atoms. The third-order valence-corrected chi connectivity index (χ3v) is 19.3. The molecule has 0 saturated carbocycles. The zero-order chi connectivity index (χ0) is 71.9. The second-order valence-electron chi connectivity index (χ2n) is 26.6. The summed E-state index contributed by atoms with van der Waals surface area (Å²) in [6.07, 6.45) is -14.5. The summed E-state index contributed by atoms with van der Waals surface area (Å²) in [6.45, 7) is 30.9. The molecule has 0 radical (unpaired) electrons. The van der Waals surface area contributed by atoms with Gasteiger partial charge in [0, 0.05) is 59.8 Å². The molecule has 4 heterocycles. The zero-order valence-corrected chi connectivity index (χ0v) is 56.2. The smallest absolute Gasteiger partial charge is 0.307 e. The second-order valence-corrected chi connectivity index (χ2v) is 26.6. The Morgan fingerprint density at radius 1 is 0.294 bits per heavy atom. The Hall–Kier alpha value is -12.3. The van der Waals surface area contributed by atoms with Crippen LogP contribution in [0.2, 0.25) is 0 Å². The molecule has 0 N–H and O–H groups in total. The third kappa shape index (κ3) is 11.1. The highest BCUT2D eigenvalue weighted by atomic mass is 19.4. The molecule has 12 aromatic carbocycles. The molecule has 16 aromatic rings. The van der Waals surface area contributed by atoms with Crippen LogP contribution in [-0.4, -0.2) is 18.3 Å². The average Bonchev–Trinajstić information content (AvgIpc) is 1.54. The number of alkyl halides is 9. The molecular weight excluding hydrogens is 1300 g/mol. The number of hydrogen-bond acceptors (Lipinski definition) is 1. The number of benzene rings is 12. The van der Waals surface area contributed by atoms with E-state index in [2.05, 4.69) is 97.7 Å². The summed E-state index contributed by atoms with van der Waals surface area (Å²) in [7, 11) is 0. The molecule has 4 aromatic heterocycles. The molecule has 0 unspecified atom stereocenters. The molecule has 16 heteroatoms. The minimum Gasteiger partial charge on any atom is -0.307 e. The quantitative estimate of drug-likeness (QED) is 0.121. The number of halogens is 9. The van der Waals surface area contributed by atoms with E-state index in [4.69, 9.17) is 13.1 Å². The number of nitrogens with zero attached hydrogens (tertiary/aromatic N) is 7. The topological polar surface area (TPSA) is 52.2 Å². The van der Waals surface area contributed by atoms with Crippen LogP contribution in [0.25, 0.3) is 142 Å². The Bertz CT molecular complexity index is 6180. The standard InChI is InChI=1S/C43H29F6N3.C43H29F3N4/c1-23-6-10-30-31-11-7-24(2)15-37(31)51(36(30)14-23)40-21-34(27-18-28(42(44,45)46)20-29(19-27)50-5)35(43(47,48)49)22-41(40)52-38-16-25(3)8-12-32(38)33-13-9-26(4)17-39(33)52;1-24-6-10-32-33-11-7-25(2)15-38(33)49(37(32)14-24)41-20-29(23-47)36(28-18-30(43(44,45)46)21-31(19-28)48-5)22-42(41)50-39-16-26(3)8-12-34(39)35-13-9-27(4)17-40(35)50/h6-22H,1-4H3;6-22H,1-4H3. The summed E-state index contributed by atoms with van der Waals surface area (Å²) in [6, 6.07) is 62.8. The van der Waals surface area contributed by atoms with Crippen molar-refractivity contribution in [3.8, 4) is 51.1 Å². The SMILES string of the molecule is [C-]#[N+]c1cc(-c2cc(-n3c4cc(C)ccc4c4ccc(C)cc43)c(-n3c4cc(C)ccc4c4ccc(C)cc43)cc2C#N)cc(C(F)(F)F)c1.[C-]#[N+]c1cc(-c2cc(-n3c4cc(C)ccc4c4ccc(C)cc43)c(-n3c4cc(C)ccc4c4ccc(C)cc43)cc2C(F)(F)F)cc(C(F)(F)F)c1. The fourth-order valence-corrected chi connectivity index (χ4v) is 14.7. The van der Waals surface area contributed by atoms with Crippen LogP contribution in [0.3, 0.4) is 0 Å². The van der Waals surface area contributed by atoms with E-state index in [0.717, 1.165) is 145 Å². The van der Waals surface area contributed by atoms with Crippen molar-refractivity contribution in [2.75, 3.05) is 0 Å². The highest BCUT2D eigenvalue weighted by molar-refractivity contribution is 6.14. The summed E-state index contributed by atoms with van der Waals surface area (Å²) >= 11 is 0. The maximum atomic E-state index is 15.4. The lowest BCUT2D eigenvalue weighted by atomic mass is 9.95. The van der Waals surface area contributed by atoms with Gasteiger partial charge in [-0.1, -0.05) is 97.1 Å². The summed E-state index contributed by atoms with van der Waals surface area (Å²) < 4.78 is 139. The van der Waals surface area contributed by atoms with E-state index in [-0.39, 0.29) is 28.1 Å². The van der Waals surface area contributed by atoms with Crippen LogP contribution in [0.4, 0.5) is 50.9 Å². The Morgan fingerprint density at radius 3 is 0.784 bits per heavy atom. The van der Waals surface area contributed by atoms with E-state index in [1.807, 2.05) is 143 Å². The summed E-state index contributed by atoms with van der Waals surface area (Å²) in [5, 5.41) is 18.3. The van der Waals surface area contributed by atoms with E-state index < -0.39 is 46.5 Å². The van der Waals surface area contributed by atoms with E-state index in [9.17, 15) is 31.6 Å².